The van der Waals surface area contributed by atoms with Crippen molar-refractivity contribution in [3.63, 3.8) is 0 Å². The lowest BCUT2D eigenvalue weighted by molar-refractivity contribution is -0.389. The number of carbonyl (C=O) groups excluding carboxylic acids is 1. The zero-order chi connectivity index (χ0) is 33.5. The summed E-state index contributed by atoms with van der Waals surface area (Å²) < 4.78 is 40.2. The van der Waals surface area contributed by atoms with Crippen LogP contribution >= 0.6 is 0 Å². The number of hydrogen-bond donors (Lipinski definition) is 11. The maximum atomic E-state index is 12.1. The number of amides is 1. The van der Waals surface area contributed by atoms with E-state index in [9.17, 15) is 55.9 Å². The van der Waals surface area contributed by atoms with Crippen molar-refractivity contribution in [2.75, 3.05) is 6.61 Å². The molecule has 0 aliphatic carbocycles. The van der Waals surface area contributed by atoms with Crippen LogP contribution in [0.4, 0.5) is 0 Å². The van der Waals surface area contributed by atoms with E-state index in [-0.39, 0.29) is 0 Å². The number of rotatable bonds is 8. The van der Waals surface area contributed by atoms with Crippen LogP contribution in [0.1, 0.15) is 27.7 Å². The first kappa shape index (κ1) is 36.6. The van der Waals surface area contributed by atoms with Gasteiger partial charge in [-0.05, 0) is 20.8 Å². The lowest BCUT2D eigenvalue weighted by Crippen LogP contribution is -2.69. The fourth-order valence-corrected chi connectivity index (χ4v) is 5.78. The molecular formula is C26H45NO18. The van der Waals surface area contributed by atoms with Crippen molar-refractivity contribution in [3.05, 3.63) is 0 Å². The minimum atomic E-state index is -1.85. The Morgan fingerprint density at radius 2 is 1.07 bits per heavy atom. The van der Waals surface area contributed by atoms with Crippen LogP contribution in [0.2, 0.25) is 0 Å². The van der Waals surface area contributed by atoms with Gasteiger partial charge in [-0.1, -0.05) is 0 Å². The van der Waals surface area contributed by atoms with E-state index >= 15 is 0 Å². The molecule has 0 aromatic rings. The van der Waals surface area contributed by atoms with Crippen molar-refractivity contribution in [1.82, 2.24) is 5.32 Å². The number of ether oxygens (including phenoxy) is 7. The van der Waals surface area contributed by atoms with Crippen molar-refractivity contribution < 1.29 is 89.0 Å². The summed E-state index contributed by atoms with van der Waals surface area (Å²) >= 11 is 0. The number of hydrogen-bond acceptors (Lipinski definition) is 18. The van der Waals surface area contributed by atoms with E-state index in [1.54, 1.807) is 0 Å². The predicted molar refractivity (Wildman–Crippen MR) is 141 cm³/mol. The van der Waals surface area contributed by atoms with Crippen LogP contribution in [0.25, 0.3) is 0 Å². The van der Waals surface area contributed by atoms with Crippen LogP contribution in [-0.4, -0.2) is 186 Å². The zero-order valence-corrected chi connectivity index (χ0v) is 25.0. The molecule has 0 aromatic carbocycles. The first-order chi connectivity index (χ1) is 21.1. The molecule has 4 aliphatic rings. The van der Waals surface area contributed by atoms with Crippen LogP contribution in [0, 0.1) is 0 Å². The summed E-state index contributed by atoms with van der Waals surface area (Å²) in [5.41, 5.74) is 0. The second kappa shape index (κ2) is 14.9. The Bertz CT molecular complexity index is 980. The topological polar surface area (TPSA) is 296 Å². The molecule has 45 heavy (non-hydrogen) atoms. The molecule has 0 unspecified atom stereocenters. The van der Waals surface area contributed by atoms with Gasteiger partial charge in [-0.25, -0.2) is 0 Å². The Hall–Kier alpha value is -1.21. The fraction of sp³-hybridized carbons (Fsp3) is 0.962. The van der Waals surface area contributed by atoms with Crippen molar-refractivity contribution in [2.24, 2.45) is 0 Å². The number of nitrogens with one attached hydrogen (secondary N) is 1. The fourth-order valence-electron chi connectivity index (χ4n) is 5.78. The molecular weight excluding hydrogens is 614 g/mol. The normalized spacial score (nSPS) is 52.8. The Morgan fingerprint density at radius 1 is 0.578 bits per heavy atom. The minimum Gasteiger partial charge on any atom is -0.394 e. The molecule has 4 rings (SSSR count). The minimum absolute atomic E-state index is 0.634. The molecule has 19 heteroatoms. The predicted octanol–water partition coefficient (Wildman–Crippen LogP) is -6.52. The molecule has 262 valence electrons. The average molecular weight is 660 g/mol. The van der Waals surface area contributed by atoms with Gasteiger partial charge in [0.2, 0.25) is 5.91 Å². The Kier molecular flexibility index (Phi) is 12.1. The molecule has 4 aliphatic heterocycles. The Labute approximate surface area is 257 Å². The summed E-state index contributed by atoms with van der Waals surface area (Å²) in [5.74, 6) is -0.634. The first-order valence-corrected chi connectivity index (χ1v) is 14.7. The van der Waals surface area contributed by atoms with Gasteiger partial charge in [0.1, 0.15) is 79.3 Å². The van der Waals surface area contributed by atoms with Gasteiger partial charge >= 0.3 is 0 Å². The largest absolute Gasteiger partial charge is 0.394 e. The zero-order valence-electron chi connectivity index (χ0n) is 25.0. The SMILES string of the molecule is CC(=O)N[C@@H]1[C@@H](O[C@@H]2O[C@@H](C)[C@@H](O)[C@@H](O)[C@@H]2O)[C@H](O[C@@H]2O[C@H](CO)[C@H](O)[C@H](O)[C@H]2O[C@@H]2O[C@@H](C)[C@@H](O)[C@@H](O)[C@@H]2O)[C@@H](C)O[C@H]1O. The van der Waals surface area contributed by atoms with Crippen molar-refractivity contribution >= 4 is 5.91 Å². The maximum Gasteiger partial charge on any atom is 0.217 e. The molecule has 0 saturated carbocycles. The average Bonchev–Trinajstić information content (AvgIpc) is 2.98. The van der Waals surface area contributed by atoms with Crippen LogP contribution in [-0.2, 0) is 38.0 Å². The number of carbonyl (C=O) groups is 1. The lowest BCUT2D eigenvalue weighted by atomic mass is 9.94. The highest BCUT2D eigenvalue weighted by Crippen LogP contribution is 2.35. The summed E-state index contributed by atoms with van der Waals surface area (Å²) in [6, 6.07) is -1.40. The van der Waals surface area contributed by atoms with Crippen molar-refractivity contribution in [3.8, 4) is 0 Å². The summed E-state index contributed by atoms with van der Waals surface area (Å²) in [7, 11) is 0. The molecule has 20 atom stereocenters. The Morgan fingerprint density at radius 3 is 1.56 bits per heavy atom. The van der Waals surface area contributed by atoms with Crippen LogP contribution < -0.4 is 5.32 Å². The second-order valence-electron chi connectivity index (χ2n) is 11.8. The molecule has 0 bridgehead atoms. The third-order valence-corrected chi connectivity index (χ3v) is 8.49. The molecule has 0 aromatic heterocycles. The van der Waals surface area contributed by atoms with Crippen LogP contribution in [0.5, 0.6) is 0 Å². The second-order valence-corrected chi connectivity index (χ2v) is 11.8. The van der Waals surface area contributed by atoms with Crippen LogP contribution in [0.15, 0.2) is 0 Å². The standard InChI is InChI=1S/C26H45NO18/c1-6-12(30)15(33)18(36)24(40-6)44-21-11(27-9(4)29)23(38)39-8(3)20(21)43-26-22(17(35)14(32)10(5-28)42-26)45-25-19(37)16(34)13(31)7(2)41-25/h6-8,10-26,28,30-38H,5H2,1-4H3,(H,27,29)/t6-,7-,8+,10+,11+,12+,13+,14-,15+,16+,17-,18-,19-,20+,21+,22+,23+,24-,25-,26-/m0/s1. The van der Waals surface area contributed by atoms with E-state index in [1.807, 2.05) is 0 Å². The highest BCUT2D eigenvalue weighted by molar-refractivity contribution is 5.73. The maximum absolute atomic E-state index is 12.1. The third kappa shape index (κ3) is 7.60. The summed E-state index contributed by atoms with van der Waals surface area (Å²) in [5, 5.41) is 106. The van der Waals surface area contributed by atoms with E-state index in [4.69, 9.17) is 33.2 Å². The molecule has 4 fully saturated rings. The highest BCUT2D eigenvalue weighted by atomic mass is 16.8. The molecule has 4 heterocycles. The van der Waals surface area contributed by atoms with E-state index < -0.39 is 135 Å². The molecule has 19 nitrogen and oxygen atoms in total. The van der Waals surface area contributed by atoms with Crippen molar-refractivity contribution in [2.45, 2.75) is 150 Å². The summed E-state index contributed by atoms with van der Waals surface area (Å²) in [6.45, 7) is 4.60. The van der Waals surface area contributed by atoms with Crippen molar-refractivity contribution in [1.29, 1.82) is 0 Å². The van der Waals surface area contributed by atoms with Gasteiger partial charge in [0.05, 0.1) is 24.9 Å². The first-order valence-electron chi connectivity index (χ1n) is 14.7. The highest BCUT2D eigenvalue weighted by Gasteiger charge is 2.55. The Balaban J connectivity index is 1.65. The van der Waals surface area contributed by atoms with E-state index in [1.165, 1.54) is 20.8 Å². The van der Waals surface area contributed by atoms with Gasteiger partial charge in [0, 0.05) is 6.92 Å². The lowest BCUT2D eigenvalue weighted by Gasteiger charge is -2.50. The van der Waals surface area contributed by atoms with Gasteiger partial charge in [0.25, 0.3) is 0 Å². The molecule has 4 saturated heterocycles. The smallest absolute Gasteiger partial charge is 0.217 e. The number of aliphatic hydroxyl groups excluding tert-OH is 10. The van der Waals surface area contributed by atoms with E-state index in [0.29, 0.717) is 0 Å². The third-order valence-electron chi connectivity index (χ3n) is 8.49. The molecule has 1 amide bonds. The molecule has 0 radical (unpaired) electrons. The van der Waals surface area contributed by atoms with Gasteiger partial charge in [-0.3, -0.25) is 4.79 Å². The molecule has 11 N–H and O–H groups in total. The summed E-state index contributed by atoms with van der Waals surface area (Å²) in [6.07, 6.45) is -29.4. The van der Waals surface area contributed by atoms with E-state index in [2.05, 4.69) is 5.32 Å². The molecule has 0 spiro atoms. The van der Waals surface area contributed by atoms with Gasteiger partial charge < -0.3 is 89.5 Å². The van der Waals surface area contributed by atoms with E-state index in [0.717, 1.165) is 6.92 Å². The van der Waals surface area contributed by atoms with Gasteiger partial charge in [-0.15, -0.1) is 0 Å². The van der Waals surface area contributed by atoms with Crippen LogP contribution in [0.3, 0.4) is 0 Å². The number of aliphatic hydroxyl groups is 10. The summed E-state index contributed by atoms with van der Waals surface area (Å²) in [4.78, 5) is 12.1. The monoisotopic (exact) mass is 659 g/mol. The van der Waals surface area contributed by atoms with Gasteiger partial charge in [0.15, 0.2) is 25.2 Å². The quantitative estimate of drug-likeness (QED) is 0.115. The van der Waals surface area contributed by atoms with Gasteiger partial charge in [-0.2, -0.15) is 0 Å².